The van der Waals surface area contributed by atoms with Gasteiger partial charge in [0.15, 0.2) is 0 Å². The van der Waals surface area contributed by atoms with Crippen molar-refractivity contribution in [1.82, 2.24) is 10.6 Å². The molecular weight excluding hydrogens is 306 g/mol. The van der Waals surface area contributed by atoms with Gasteiger partial charge < -0.3 is 21.5 Å². The first-order valence-corrected chi connectivity index (χ1v) is 6.66. The fourth-order valence-electron chi connectivity index (χ4n) is 1.38. The van der Waals surface area contributed by atoms with Crippen LogP contribution in [0.15, 0.2) is 18.2 Å². The van der Waals surface area contributed by atoms with Crippen molar-refractivity contribution in [1.29, 1.82) is 0 Å². The maximum atomic E-state index is 9.39. The lowest BCUT2D eigenvalue weighted by Crippen LogP contribution is -2.34. The van der Waals surface area contributed by atoms with Crippen LogP contribution in [0.3, 0.4) is 0 Å². The van der Waals surface area contributed by atoms with Gasteiger partial charge in [-0.2, -0.15) is 0 Å². The van der Waals surface area contributed by atoms with Crippen LogP contribution in [-0.2, 0) is 0 Å². The van der Waals surface area contributed by atoms with E-state index in [1.807, 2.05) is 0 Å². The van der Waals surface area contributed by atoms with Gasteiger partial charge in [0.25, 0.3) is 0 Å². The van der Waals surface area contributed by atoms with Crippen molar-refractivity contribution in [3.05, 3.63) is 23.8 Å². The van der Waals surface area contributed by atoms with Crippen LogP contribution in [0.25, 0.3) is 0 Å². The Balaban J connectivity index is 2.89. The lowest BCUT2D eigenvalue weighted by Gasteiger charge is -2.20. The predicted molar refractivity (Wildman–Crippen MR) is 89.6 cm³/mol. The molecular formula is C10H13N3OS4. The van der Waals surface area contributed by atoms with Crippen molar-refractivity contribution >= 4 is 64.0 Å². The Morgan fingerprint density at radius 3 is 2.50 bits per heavy atom. The summed E-state index contributed by atoms with van der Waals surface area (Å²) in [6.45, 7) is 0.479. The number of hydrogen-bond donors (Lipinski definition) is 6. The number of thiocarbonyl (C=S) groups is 2. The molecule has 1 unspecified atom stereocenters. The normalized spacial score (nSPS) is 11.7. The molecule has 8 heteroatoms. The van der Waals surface area contributed by atoms with Crippen molar-refractivity contribution in [2.45, 2.75) is 6.04 Å². The average molecular weight is 320 g/mol. The second-order valence-corrected chi connectivity index (χ2v) is 5.82. The summed E-state index contributed by atoms with van der Waals surface area (Å²) in [7, 11) is 0. The molecule has 0 aromatic heterocycles. The van der Waals surface area contributed by atoms with E-state index in [2.05, 4.69) is 35.9 Å². The highest BCUT2D eigenvalue weighted by molar-refractivity contribution is 8.11. The van der Waals surface area contributed by atoms with Crippen molar-refractivity contribution in [2.75, 3.05) is 12.3 Å². The number of phenolic OH excluding ortho intramolecular Hbond substituents is 1. The Morgan fingerprint density at radius 2 is 2.00 bits per heavy atom. The third kappa shape index (κ3) is 4.89. The monoisotopic (exact) mass is 319 g/mol. The molecule has 0 fully saturated rings. The molecule has 0 spiro atoms. The molecule has 18 heavy (non-hydrogen) atoms. The van der Waals surface area contributed by atoms with Gasteiger partial charge in [-0.25, -0.2) is 0 Å². The third-order valence-electron chi connectivity index (χ3n) is 2.21. The zero-order valence-electron chi connectivity index (χ0n) is 9.25. The second kappa shape index (κ2) is 7.03. The number of anilines is 1. The maximum Gasteiger partial charge on any atom is 0.138 e. The summed E-state index contributed by atoms with van der Waals surface area (Å²) < 4.78 is 0.747. The molecule has 0 aliphatic carbocycles. The average Bonchev–Trinajstić information content (AvgIpc) is 2.27. The molecule has 0 heterocycles. The predicted octanol–water partition coefficient (Wildman–Crippen LogP) is 1.62. The van der Waals surface area contributed by atoms with Crippen LogP contribution in [0.4, 0.5) is 5.69 Å². The van der Waals surface area contributed by atoms with Gasteiger partial charge in [-0.05, 0) is 17.7 Å². The summed E-state index contributed by atoms with van der Waals surface area (Å²) in [5.74, 6) is 0.0450. The molecule has 0 saturated carbocycles. The standard InChI is InChI=1S/C10H13N3OS4/c11-6-3-5(1-2-8(6)14)7(13-10(17)18)4-12-9(15)16/h1-3,7,14H,4,11H2,(H2,12,15,16)(H2,13,17,18). The van der Waals surface area contributed by atoms with Crippen molar-refractivity contribution in [3.8, 4) is 5.75 Å². The number of thiol groups is 2. The highest BCUT2D eigenvalue weighted by Gasteiger charge is 2.13. The summed E-state index contributed by atoms with van der Waals surface area (Å²) in [6, 6.07) is 4.78. The SMILES string of the molecule is Nc1cc(C(CNC(=S)S)NC(=S)S)ccc1O. The molecule has 98 valence electrons. The largest absolute Gasteiger partial charge is 0.506 e. The van der Waals surface area contributed by atoms with E-state index in [0.29, 0.717) is 20.9 Å². The first-order chi connectivity index (χ1) is 8.40. The van der Waals surface area contributed by atoms with Gasteiger partial charge in [0.05, 0.1) is 11.7 Å². The van der Waals surface area contributed by atoms with Crippen molar-refractivity contribution in [3.63, 3.8) is 0 Å². The van der Waals surface area contributed by atoms with Gasteiger partial charge in [0, 0.05) is 6.54 Å². The third-order valence-corrected chi connectivity index (χ3v) is 2.76. The Bertz CT molecular complexity index is 466. The van der Waals surface area contributed by atoms with E-state index < -0.39 is 0 Å². The van der Waals surface area contributed by atoms with E-state index in [0.717, 1.165) is 5.56 Å². The number of rotatable bonds is 4. The number of nitrogen functional groups attached to an aromatic ring is 1. The molecule has 1 aromatic carbocycles. The van der Waals surface area contributed by atoms with Gasteiger partial charge in [0.1, 0.15) is 14.4 Å². The number of hydrogen-bond acceptors (Lipinski definition) is 4. The highest BCUT2D eigenvalue weighted by atomic mass is 32.1. The zero-order chi connectivity index (χ0) is 13.7. The maximum absolute atomic E-state index is 9.39. The number of benzene rings is 1. The Morgan fingerprint density at radius 1 is 1.33 bits per heavy atom. The molecule has 0 aliphatic heterocycles. The van der Waals surface area contributed by atoms with Crippen LogP contribution in [0, 0.1) is 0 Å². The minimum absolute atomic E-state index is 0.0450. The minimum atomic E-state index is -0.164. The second-order valence-electron chi connectivity index (χ2n) is 3.51. The summed E-state index contributed by atoms with van der Waals surface area (Å²) in [6.07, 6.45) is 0. The molecule has 0 bridgehead atoms. The van der Waals surface area contributed by atoms with Gasteiger partial charge in [-0.15, -0.1) is 25.3 Å². The van der Waals surface area contributed by atoms with E-state index >= 15 is 0 Å². The molecule has 1 atom stereocenters. The molecule has 0 saturated heterocycles. The van der Waals surface area contributed by atoms with Crippen LogP contribution in [0.5, 0.6) is 5.75 Å². The molecule has 0 aliphatic rings. The topological polar surface area (TPSA) is 70.3 Å². The van der Waals surface area contributed by atoms with Gasteiger partial charge >= 0.3 is 0 Å². The zero-order valence-corrected chi connectivity index (χ0v) is 12.7. The van der Waals surface area contributed by atoms with Crippen molar-refractivity contribution < 1.29 is 5.11 Å². The Kier molecular flexibility index (Phi) is 6.00. The van der Waals surface area contributed by atoms with Crippen LogP contribution < -0.4 is 16.4 Å². The van der Waals surface area contributed by atoms with Crippen LogP contribution in [-0.4, -0.2) is 20.3 Å². The lowest BCUT2D eigenvalue weighted by molar-refractivity contribution is 0.477. The first kappa shape index (κ1) is 15.4. The summed E-state index contributed by atoms with van der Waals surface area (Å²) in [5.41, 5.74) is 6.82. The summed E-state index contributed by atoms with van der Waals surface area (Å²) >= 11 is 17.8. The van der Waals surface area contributed by atoms with E-state index in [-0.39, 0.29) is 11.8 Å². The fraction of sp³-hybridized carbons (Fsp3) is 0.200. The number of aromatic hydroxyl groups is 1. The van der Waals surface area contributed by atoms with E-state index in [1.54, 1.807) is 12.1 Å². The van der Waals surface area contributed by atoms with Crippen LogP contribution in [0.2, 0.25) is 0 Å². The van der Waals surface area contributed by atoms with Crippen LogP contribution >= 0.6 is 49.7 Å². The number of nitrogens with two attached hydrogens (primary N) is 1. The first-order valence-electron chi connectivity index (χ1n) is 4.94. The van der Waals surface area contributed by atoms with Gasteiger partial charge in [-0.1, -0.05) is 30.5 Å². The molecule has 5 N–H and O–H groups in total. The smallest absolute Gasteiger partial charge is 0.138 e. The Labute approximate surface area is 127 Å². The fourth-order valence-corrected chi connectivity index (χ4v) is 1.85. The molecule has 0 radical (unpaired) electrons. The quantitative estimate of drug-likeness (QED) is 0.219. The van der Waals surface area contributed by atoms with E-state index in [9.17, 15) is 5.11 Å². The summed E-state index contributed by atoms with van der Waals surface area (Å²) in [5, 5.41) is 15.3. The lowest BCUT2D eigenvalue weighted by atomic mass is 10.1. The number of phenols is 1. The van der Waals surface area contributed by atoms with Crippen molar-refractivity contribution in [2.24, 2.45) is 0 Å². The van der Waals surface area contributed by atoms with E-state index in [1.165, 1.54) is 6.07 Å². The van der Waals surface area contributed by atoms with Crippen LogP contribution in [0.1, 0.15) is 11.6 Å². The van der Waals surface area contributed by atoms with Gasteiger partial charge in [0.2, 0.25) is 0 Å². The molecule has 4 nitrogen and oxygen atoms in total. The minimum Gasteiger partial charge on any atom is -0.506 e. The molecule has 0 amide bonds. The molecule has 1 rings (SSSR count). The van der Waals surface area contributed by atoms with E-state index in [4.69, 9.17) is 30.2 Å². The number of nitrogens with one attached hydrogen (secondary N) is 2. The Hall–Kier alpha value is -0.700. The molecule has 1 aromatic rings. The van der Waals surface area contributed by atoms with Gasteiger partial charge in [-0.3, -0.25) is 0 Å². The highest BCUT2D eigenvalue weighted by Crippen LogP contribution is 2.24. The summed E-state index contributed by atoms with van der Waals surface area (Å²) in [4.78, 5) is 0.